The minimum absolute atomic E-state index is 0.0286. The summed E-state index contributed by atoms with van der Waals surface area (Å²) in [6, 6.07) is 21.3. The molecule has 0 radical (unpaired) electrons. The lowest BCUT2D eigenvalue weighted by atomic mass is 10.1. The highest BCUT2D eigenvalue weighted by Gasteiger charge is 2.36. The van der Waals surface area contributed by atoms with Gasteiger partial charge in [-0.2, -0.15) is 15.1 Å². The summed E-state index contributed by atoms with van der Waals surface area (Å²) in [5, 5.41) is 15.7. The van der Waals surface area contributed by atoms with Gasteiger partial charge in [0.05, 0.1) is 17.2 Å². The molecule has 2 aliphatic heterocycles. The Morgan fingerprint density at radius 2 is 1.86 bits per heavy atom. The summed E-state index contributed by atoms with van der Waals surface area (Å²) in [5.74, 6) is 0.539. The van der Waals surface area contributed by atoms with E-state index in [4.69, 9.17) is 14.9 Å². The van der Waals surface area contributed by atoms with E-state index in [0.717, 1.165) is 16.7 Å². The molecule has 0 saturated carbocycles. The van der Waals surface area contributed by atoms with E-state index < -0.39 is 5.91 Å². The summed E-state index contributed by atoms with van der Waals surface area (Å²) >= 11 is 4.83. The highest BCUT2D eigenvalue weighted by atomic mass is 79.9. The second-order valence-corrected chi connectivity index (χ2v) is 9.91. The normalized spacial score (nSPS) is 16.1. The summed E-state index contributed by atoms with van der Waals surface area (Å²) in [6.07, 6.45) is 1.61. The molecule has 0 atom stereocenters. The lowest BCUT2D eigenvalue weighted by Gasteiger charge is -2.20. The number of aliphatic imine (C=N–C) groups is 1. The number of ether oxygens (including phenoxy) is 2. The van der Waals surface area contributed by atoms with E-state index in [1.807, 2.05) is 67.6 Å². The number of benzene rings is 3. The molecule has 7 nitrogen and oxygen atoms in total. The standard InChI is InChI=1S/C27H21BrN4O3S/c1-16-8-10-19(11-9-16)26-31-32-24(29)20(25(33)30-27(32)36-26)12-18-13-21(28)23(22(14-18)34-2)35-15-17-6-4-3-5-7-17/h3-14,29H,15H2,1-2H3. The van der Waals surface area contributed by atoms with Gasteiger partial charge in [0.1, 0.15) is 11.7 Å². The molecule has 2 aliphatic rings. The van der Waals surface area contributed by atoms with E-state index in [-0.39, 0.29) is 11.4 Å². The van der Waals surface area contributed by atoms with Crippen molar-refractivity contribution in [1.82, 2.24) is 5.01 Å². The number of amides is 1. The number of rotatable bonds is 6. The van der Waals surface area contributed by atoms with Gasteiger partial charge in [-0.1, -0.05) is 60.2 Å². The second-order valence-electron chi connectivity index (χ2n) is 8.10. The first-order chi connectivity index (χ1) is 17.4. The number of halogens is 1. The highest BCUT2D eigenvalue weighted by Crippen LogP contribution is 2.38. The summed E-state index contributed by atoms with van der Waals surface area (Å²) in [5.41, 5.74) is 3.88. The average molecular weight is 561 g/mol. The molecule has 0 unspecified atom stereocenters. The van der Waals surface area contributed by atoms with Gasteiger partial charge < -0.3 is 9.47 Å². The predicted molar refractivity (Wildman–Crippen MR) is 147 cm³/mol. The van der Waals surface area contributed by atoms with Crippen molar-refractivity contribution in [3.05, 3.63) is 99.0 Å². The lowest BCUT2D eigenvalue weighted by Crippen LogP contribution is -2.35. The largest absolute Gasteiger partial charge is 0.493 e. The van der Waals surface area contributed by atoms with Crippen molar-refractivity contribution in [2.24, 2.45) is 10.1 Å². The first kappa shape index (κ1) is 24.0. The zero-order chi connectivity index (χ0) is 25.2. The number of hydrazone groups is 1. The van der Waals surface area contributed by atoms with E-state index >= 15 is 0 Å². The zero-order valence-electron chi connectivity index (χ0n) is 19.5. The fraction of sp³-hybridized carbons (Fsp3) is 0.111. The van der Waals surface area contributed by atoms with Gasteiger partial charge in [0.25, 0.3) is 5.91 Å². The van der Waals surface area contributed by atoms with Crippen LogP contribution in [-0.2, 0) is 11.4 Å². The molecule has 0 spiro atoms. The van der Waals surface area contributed by atoms with Gasteiger partial charge in [-0.3, -0.25) is 10.2 Å². The Hall–Kier alpha value is -3.69. The maximum absolute atomic E-state index is 12.9. The number of methoxy groups -OCH3 is 1. The van der Waals surface area contributed by atoms with Crippen LogP contribution < -0.4 is 9.47 Å². The Bertz CT molecular complexity index is 1450. The van der Waals surface area contributed by atoms with Crippen LogP contribution in [-0.4, -0.2) is 34.1 Å². The Labute approximate surface area is 221 Å². The molecular formula is C27H21BrN4O3S. The highest BCUT2D eigenvalue weighted by molar-refractivity contribution is 9.10. The minimum Gasteiger partial charge on any atom is -0.493 e. The molecule has 0 bridgehead atoms. The van der Waals surface area contributed by atoms with Crippen LogP contribution in [0.15, 0.2) is 86.9 Å². The van der Waals surface area contributed by atoms with Gasteiger partial charge in [-0.25, -0.2) is 0 Å². The van der Waals surface area contributed by atoms with Crippen molar-refractivity contribution in [2.45, 2.75) is 13.5 Å². The number of thioether (sulfide) groups is 1. The van der Waals surface area contributed by atoms with Crippen molar-refractivity contribution in [3.8, 4) is 11.5 Å². The molecule has 180 valence electrons. The number of hydrogen-bond donors (Lipinski definition) is 1. The van der Waals surface area contributed by atoms with Crippen LogP contribution in [0.25, 0.3) is 6.08 Å². The number of carbonyl (C=O) groups is 1. The monoisotopic (exact) mass is 560 g/mol. The zero-order valence-corrected chi connectivity index (χ0v) is 21.9. The van der Waals surface area contributed by atoms with Crippen molar-refractivity contribution >= 4 is 55.7 Å². The summed E-state index contributed by atoms with van der Waals surface area (Å²) < 4.78 is 12.2. The van der Waals surface area contributed by atoms with Crippen LogP contribution in [0, 0.1) is 12.3 Å². The number of carbonyl (C=O) groups excluding carboxylic acids is 1. The van der Waals surface area contributed by atoms with Crippen molar-refractivity contribution in [3.63, 3.8) is 0 Å². The third-order valence-corrected chi connectivity index (χ3v) is 7.09. The van der Waals surface area contributed by atoms with Crippen molar-refractivity contribution in [2.75, 3.05) is 7.11 Å². The smallest absolute Gasteiger partial charge is 0.283 e. The third kappa shape index (κ3) is 4.84. The summed E-state index contributed by atoms with van der Waals surface area (Å²) in [7, 11) is 1.56. The molecular weight excluding hydrogens is 540 g/mol. The molecule has 0 aliphatic carbocycles. The lowest BCUT2D eigenvalue weighted by molar-refractivity contribution is -0.114. The molecule has 3 aromatic rings. The number of amidine groups is 2. The molecule has 0 saturated heterocycles. The first-order valence-corrected chi connectivity index (χ1v) is 12.7. The van der Waals surface area contributed by atoms with Crippen molar-refractivity contribution in [1.29, 1.82) is 5.41 Å². The number of nitrogens with zero attached hydrogens (tertiary/aromatic N) is 3. The molecule has 0 aromatic heterocycles. The fourth-order valence-corrected chi connectivity index (χ4v) is 5.14. The van der Waals surface area contributed by atoms with Crippen LogP contribution in [0.2, 0.25) is 0 Å². The van der Waals surface area contributed by atoms with Crippen LogP contribution in [0.4, 0.5) is 0 Å². The van der Waals surface area contributed by atoms with Crippen LogP contribution in [0.5, 0.6) is 11.5 Å². The number of fused-ring (bicyclic) bond motifs is 1. The Kier molecular flexibility index (Phi) is 6.75. The SMILES string of the molecule is COc1cc(C=C2C(=N)N3N=C(c4ccc(C)cc4)SC3=NC2=O)cc(Br)c1OCc1ccccc1. The molecule has 2 heterocycles. The molecule has 3 aromatic carbocycles. The number of nitrogens with one attached hydrogen (secondary N) is 1. The van der Waals surface area contributed by atoms with Crippen LogP contribution in [0.3, 0.4) is 0 Å². The minimum atomic E-state index is -0.487. The topological polar surface area (TPSA) is 87.3 Å². The third-order valence-electron chi connectivity index (χ3n) is 5.54. The van der Waals surface area contributed by atoms with Gasteiger partial charge >= 0.3 is 0 Å². The molecule has 1 N–H and O–H groups in total. The average Bonchev–Trinajstić information content (AvgIpc) is 3.30. The molecule has 36 heavy (non-hydrogen) atoms. The van der Waals surface area contributed by atoms with Gasteiger partial charge in [0.2, 0.25) is 5.17 Å². The summed E-state index contributed by atoms with van der Waals surface area (Å²) in [4.78, 5) is 17.0. The van der Waals surface area contributed by atoms with E-state index in [1.165, 1.54) is 16.8 Å². The van der Waals surface area contributed by atoms with Gasteiger partial charge in [0, 0.05) is 5.56 Å². The predicted octanol–water partition coefficient (Wildman–Crippen LogP) is 6.01. The van der Waals surface area contributed by atoms with E-state index in [1.54, 1.807) is 19.3 Å². The Balaban J connectivity index is 1.41. The van der Waals surface area contributed by atoms with Crippen LogP contribution >= 0.6 is 27.7 Å². The van der Waals surface area contributed by atoms with Crippen LogP contribution in [0.1, 0.15) is 22.3 Å². The summed E-state index contributed by atoms with van der Waals surface area (Å²) in [6.45, 7) is 2.40. The van der Waals surface area contributed by atoms with E-state index in [2.05, 4.69) is 26.0 Å². The fourth-order valence-electron chi connectivity index (χ4n) is 3.66. The number of hydrogen-bond acceptors (Lipinski definition) is 6. The maximum atomic E-state index is 12.9. The maximum Gasteiger partial charge on any atom is 0.283 e. The number of aryl methyl sites for hydroxylation is 1. The van der Waals surface area contributed by atoms with Crippen molar-refractivity contribution < 1.29 is 14.3 Å². The van der Waals surface area contributed by atoms with Gasteiger partial charge in [-0.15, -0.1) is 0 Å². The molecule has 9 heteroatoms. The van der Waals surface area contributed by atoms with E-state index in [0.29, 0.717) is 38.4 Å². The molecule has 5 rings (SSSR count). The Morgan fingerprint density at radius 3 is 2.58 bits per heavy atom. The van der Waals surface area contributed by atoms with Gasteiger partial charge in [-0.05, 0) is 64.0 Å². The molecule has 0 fully saturated rings. The Morgan fingerprint density at radius 1 is 1.11 bits per heavy atom. The second kappa shape index (κ2) is 10.1. The molecule has 1 amide bonds. The van der Waals surface area contributed by atoms with Gasteiger partial charge in [0.15, 0.2) is 17.3 Å². The first-order valence-electron chi connectivity index (χ1n) is 11.0. The quantitative estimate of drug-likeness (QED) is 0.373. The van der Waals surface area contributed by atoms with E-state index in [9.17, 15) is 4.79 Å².